The summed E-state index contributed by atoms with van der Waals surface area (Å²) in [6, 6.07) is 1.64. The Labute approximate surface area is 98.0 Å². The van der Waals surface area contributed by atoms with Gasteiger partial charge >= 0.3 is 5.69 Å². The van der Waals surface area contributed by atoms with Crippen molar-refractivity contribution < 1.29 is 4.92 Å². The summed E-state index contributed by atoms with van der Waals surface area (Å²) in [6.45, 7) is 2.11. The van der Waals surface area contributed by atoms with Crippen LogP contribution in [-0.4, -0.2) is 15.9 Å². The summed E-state index contributed by atoms with van der Waals surface area (Å²) in [5.74, 6) is 0.924. The third-order valence-electron chi connectivity index (χ3n) is 2.80. The van der Waals surface area contributed by atoms with Gasteiger partial charge in [0.25, 0.3) is 0 Å². The van der Waals surface area contributed by atoms with Crippen molar-refractivity contribution in [2.24, 2.45) is 5.92 Å². The fraction of sp³-hybridized carbons (Fsp3) is 0.500. The molecule has 6 heteroatoms. The number of pyridine rings is 1. The summed E-state index contributed by atoms with van der Waals surface area (Å²) in [5, 5.41) is 14.2. The Balaban J connectivity index is 2.17. The summed E-state index contributed by atoms with van der Waals surface area (Å²) >= 11 is 5.67. The molecule has 0 aliphatic heterocycles. The van der Waals surface area contributed by atoms with Crippen LogP contribution in [0.25, 0.3) is 0 Å². The molecular formula is C10H12ClN3O2. The molecular weight excluding hydrogens is 230 g/mol. The lowest BCUT2D eigenvalue weighted by atomic mass is 10.3. The van der Waals surface area contributed by atoms with Crippen LogP contribution in [-0.2, 0) is 0 Å². The Bertz CT molecular complexity index is 425. The standard InChI is InChI=1S/C10H12ClN3O2/c1-2-6-3-8(6)13-10-9(14(15)16)4-7(11)5-12-10/h4-6,8H,2-3H2,1H3,(H,12,13). The van der Waals surface area contributed by atoms with Crippen LogP contribution in [0.4, 0.5) is 11.5 Å². The second-order valence-electron chi connectivity index (χ2n) is 3.93. The van der Waals surface area contributed by atoms with Gasteiger partial charge in [-0.15, -0.1) is 0 Å². The van der Waals surface area contributed by atoms with Gasteiger partial charge in [0.1, 0.15) is 0 Å². The number of aromatic nitrogens is 1. The van der Waals surface area contributed by atoms with Gasteiger partial charge in [-0.1, -0.05) is 24.9 Å². The van der Waals surface area contributed by atoms with E-state index in [-0.39, 0.29) is 10.7 Å². The van der Waals surface area contributed by atoms with Crippen LogP contribution in [0.5, 0.6) is 0 Å². The van der Waals surface area contributed by atoms with E-state index in [0.717, 1.165) is 12.8 Å². The first kappa shape index (κ1) is 11.1. The van der Waals surface area contributed by atoms with E-state index in [1.165, 1.54) is 12.3 Å². The van der Waals surface area contributed by atoms with E-state index in [9.17, 15) is 10.1 Å². The molecule has 0 bridgehead atoms. The molecule has 0 spiro atoms. The molecule has 0 saturated heterocycles. The molecule has 2 unspecified atom stereocenters. The second kappa shape index (κ2) is 4.25. The lowest BCUT2D eigenvalue weighted by molar-refractivity contribution is -0.384. The lowest BCUT2D eigenvalue weighted by Gasteiger charge is -2.05. The van der Waals surface area contributed by atoms with Gasteiger partial charge in [-0.25, -0.2) is 4.98 Å². The van der Waals surface area contributed by atoms with Crippen molar-refractivity contribution in [1.82, 2.24) is 4.98 Å². The van der Waals surface area contributed by atoms with Gasteiger partial charge in [0.2, 0.25) is 5.82 Å². The molecule has 0 aromatic carbocycles. The third kappa shape index (κ3) is 2.24. The molecule has 1 aromatic rings. The van der Waals surface area contributed by atoms with Gasteiger partial charge in [0.05, 0.1) is 9.95 Å². The Kier molecular flexibility index (Phi) is 2.96. The Morgan fingerprint density at radius 1 is 1.75 bits per heavy atom. The van der Waals surface area contributed by atoms with Gasteiger partial charge in [-0.05, 0) is 12.3 Å². The summed E-state index contributed by atoms with van der Waals surface area (Å²) in [5.41, 5.74) is -0.0609. The molecule has 1 saturated carbocycles. The fourth-order valence-corrected chi connectivity index (χ4v) is 1.88. The second-order valence-corrected chi connectivity index (χ2v) is 4.37. The number of nitrogens with zero attached hydrogens (tertiary/aromatic N) is 2. The van der Waals surface area contributed by atoms with Crippen LogP contribution in [0.15, 0.2) is 12.3 Å². The van der Waals surface area contributed by atoms with Crippen LogP contribution in [0, 0.1) is 16.0 Å². The maximum absolute atomic E-state index is 10.8. The maximum atomic E-state index is 10.8. The van der Waals surface area contributed by atoms with Crippen molar-refractivity contribution in [3.8, 4) is 0 Å². The summed E-state index contributed by atoms with van der Waals surface area (Å²) in [4.78, 5) is 14.3. The minimum absolute atomic E-state index is 0.0609. The van der Waals surface area contributed by atoms with Crippen LogP contribution < -0.4 is 5.32 Å². The summed E-state index contributed by atoms with van der Waals surface area (Å²) in [6.07, 6.45) is 3.55. The number of rotatable bonds is 4. The van der Waals surface area contributed by atoms with Crippen molar-refractivity contribution in [2.45, 2.75) is 25.8 Å². The number of nitro groups is 1. The first-order valence-electron chi connectivity index (χ1n) is 5.18. The molecule has 86 valence electrons. The van der Waals surface area contributed by atoms with Gasteiger partial charge in [-0.2, -0.15) is 0 Å². The zero-order valence-corrected chi connectivity index (χ0v) is 9.57. The highest BCUT2D eigenvalue weighted by molar-refractivity contribution is 6.30. The topological polar surface area (TPSA) is 68.1 Å². The fourth-order valence-electron chi connectivity index (χ4n) is 1.73. The van der Waals surface area contributed by atoms with Crippen LogP contribution in [0.2, 0.25) is 5.02 Å². The highest BCUT2D eigenvalue weighted by Crippen LogP contribution is 2.37. The number of hydrogen-bond donors (Lipinski definition) is 1. The molecule has 16 heavy (non-hydrogen) atoms. The molecule has 1 aromatic heterocycles. The minimum atomic E-state index is -0.468. The Morgan fingerprint density at radius 3 is 3.06 bits per heavy atom. The van der Waals surface area contributed by atoms with E-state index in [4.69, 9.17) is 11.6 Å². The zero-order chi connectivity index (χ0) is 11.7. The van der Waals surface area contributed by atoms with Gasteiger partial charge < -0.3 is 5.32 Å². The van der Waals surface area contributed by atoms with Gasteiger partial charge in [0, 0.05) is 18.3 Å². The van der Waals surface area contributed by atoms with Crippen LogP contribution >= 0.6 is 11.6 Å². The quantitative estimate of drug-likeness (QED) is 0.650. The largest absolute Gasteiger partial charge is 0.361 e. The molecule has 2 rings (SSSR count). The van der Waals surface area contributed by atoms with E-state index >= 15 is 0 Å². The number of anilines is 1. The van der Waals surface area contributed by atoms with Crippen molar-refractivity contribution in [3.63, 3.8) is 0 Å². The molecule has 1 aliphatic carbocycles. The highest BCUT2D eigenvalue weighted by atomic mass is 35.5. The molecule has 1 N–H and O–H groups in total. The maximum Gasteiger partial charge on any atom is 0.312 e. The first-order chi connectivity index (χ1) is 7.61. The minimum Gasteiger partial charge on any atom is -0.361 e. The Morgan fingerprint density at radius 2 is 2.50 bits per heavy atom. The molecule has 1 heterocycles. The zero-order valence-electron chi connectivity index (χ0n) is 8.81. The highest BCUT2D eigenvalue weighted by Gasteiger charge is 2.36. The Hall–Kier alpha value is -1.36. The molecule has 0 amide bonds. The normalized spacial score (nSPS) is 22.9. The summed E-state index contributed by atoms with van der Waals surface area (Å²) in [7, 11) is 0. The lowest BCUT2D eigenvalue weighted by Crippen LogP contribution is -2.08. The SMILES string of the molecule is CCC1CC1Nc1ncc(Cl)cc1[N+](=O)[O-]. The van der Waals surface area contributed by atoms with Crippen LogP contribution in [0.1, 0.15) is 19.8 Å². The van der Waals surface area contributed by atoms with E-state index < -0.39 is 4.92 Å². The number of halogens is 1. The average Bonchev–Trinajstić information content (AvgIpc) is 2.99. The van der Waals surface area contributed by atoms with Gasteiger partial charge in [0.15, 0.2) is 0 Å². The average molecular weight is 242 g/mol. The molecule has 0 radical (unpaired) electrons. The smallest absolute Gasteiger partial charge is 0.312 e. The number of nitrogens with one attached hydrogen (secondary N) is 1. The van der Waals surface area contributed by atoms with Crippen molar-refractivity contribution in [3.05, 3.63) is 27.4 Å². The molecule has 5 nitrogen and oxygen atoms in total. The van der Waals surface area contributed by atoms with Crippen molar-refractivity contribution >= 4 is 23.1 Å². The number of hydrogen-bond acceptors (Lipinski definition) is 4. The van der Waals surface area contributed by atoms with Crippen molar-refractivity contribution in [2.75, 3.05) is 5.32 Å². The molecule has 1 fully saturated rings. The monoisotopic (exact) mass is 241 g/mol. The van der Waals surface area contributed by atoms with Crippen LogP contribution in [0.3, 0.4) is 0 Å². The first-order valence-corrected chi connectivity index (χ1v) is 5.56. The predicted octanol–water partition coefficient (Wildman–Crippen LogP) is 2.85. The van der Waals surface area contributed by atoms with E-state index in [2.05, 4.69) is 17.2 Å². The third-order valence-corrected chi connectivity index (χ3v) is 3.01. The van der Waals surface area contributed by atoms with E-state index in [1.54, 1.807) is 0 Å². The van der Waals surface area contributed by atoms with Crippen molar-refractivity contribution in [1.29, 1.82) is 0 Å². The summed E-state index contributed by atoms with van der Waals surface area (Å²) < 4.78 is 0. The predicted molar refractivity (Wildman–Crippen MR) is 61.7 cm³/mol. The van der Waals surface area contributed by atoms with E-state index in [0.29, 0.717) is 17.8 Å². The van der Waals surface area contributed by atoms with E-state index in [1.807, 2.05) is 0 Å². The molecule has 2 atom stereocenters. The molecule has 1 aliphatic rings. The van der Waals surface area contributed by atoms with Gasteiger partial charge in [-0.3, -0.25) is 10.1 Å².